The second kappa shape index (κ2) is 12.3. The highest BCUT2D eigenvalue weighted by atomic mass is 32.2. The molecule has 12 heteroatoms. The van der Waals surface area contributed by atoms with Crippen molar-refractivity contribution < 1.29 is 32.3 Å². The summed E-state index contributed by atoms with van der Waals surface area (Å²) in [6.07, 6.45) is 1.18. The topological polar surface area (TPSA) is 143 Å². The Morgan fingerprint density at radius 1 is 0.838 bits per heavy atom. The Hall–Kier alpha value is -3.32. The van der Waals surface area contributed by atoms with Gasteiger partial charge >= 0.3 is 0 Å². The molecule has 2 saturated heterocycles. The summed E-state index contributed by atoms with van der Waals surface area (Å²) in [5.41, 5.74) is 1.18. The van der Waals surface area contributed by atoms with E-state index in [0.717, 1.165) is 6.42 Å². The minimum absolute atomic E-state index is 0.118. The van der Waals surface area contributed by atoms with Gasteiger partial charge in [-0.05, 0) is 61.4 Å². The van der Waals surface area contributed by atoms with E-state index in [0.29, 0.717) is 62.7 Å². The molecule has 0 aromatic heterocycles. The lowest BCUT2D eigenvalue weighted by molar-refractivity contribution is -0.129. The van der Waals surface area contributed by atoms with Gasteiger partial charge in [-0.15, -0.1) is 0 Å². The number of benzene rings is 2. The van der Waals surface area contributed by atoms with E-state index in [2.05, 4.69) is 16.0 Å². The van der Waals surface area contributed by atoms with Gasteiger partial charge in [0.05, 0.1) is 18.1 Å². The molecule has 2 fully saturated rings. The van der Waals surface area contributed by atoms with Crippen LogP contribution in [-0.4, -0.2) is 82.5 Å². The second-order valence-corrected chi connectivity index (χ2v) is 10.6. The molecular weight excluding hydrogens is 500 g/mol. The molecule has 1 atom stereocenters. The Bertz CT molecular complexity index is 1200. The molecule has 1 unspecified atom stereocenters. The molecule has 37 heavy (non-hydrogen) atoms. The molecule has 2 aromatic carbocycles. The summed E-state index contributed by atoms with van der Waals surface area (Å²) >= 11 is 0. The molecule has 11 nitrogen and oxygen atoms in total. The first kappa shape index (κ1) is 26.7. The van der Waals surface area contributed by atoms with Crippen LogP contribution in [0.25, 0.3) is 0 Å². The number of morpholine rings is 1. The number of carbonyl (C=O) groups is 3. The van der Waals surface area contributed by atoms with Crippen molar-refractivity contribution in [1.29, 1.82) is 0 Å². The smallest absolute Gasteiger partial charge is 0.255 e. The first-order chi connectivity index (χ1) is 17.8. The summed E-state index contributed by atoms with van der Waals surface area (Å²) < 4.78 is 37.3. The fraction of sp³-hybridized carbons (Fsp3) is 0.400. The van der Waals surface area contributed by atoms with Gasteiger partial charge in [-0.2, -0.15) is 4.31 Å². The summed E-state index contributed by atoms with van der Waals surface area (Å²) in [6.45, 7) is 2.47. The van der Waals surface area contributed by atoms with E-state index in [1.807, 2.05) is 0 Å². The minimum Gasteiger partial charge on any atom is -0.379 e. The van der Waals surface area contributed by atoms with E-state index in [1.54, 1.807) is 24.3 Å². The van der Waals surface area contributed by atoms with E-state index < -0.39 is 22.0 Å². The van der Waals surface area contributed by atoms with Gasteiger partial charge in [0.25, 0.3) is 11.8 Å². The van der Waals surface area contributed by atoms with Gasteiger partial charge in [0.1, 0.15) is 6.10 Å². The molecule has 0 aliphatic carbocycles. The Morgan fingerprint density at radius 3 is 2.11 bits per heavy atom. The van der Waals surface area contributed by atoms with Gasteiger partial charge in [0.15, 0.2) is 0 Å². The average Bonchev–Trinajstić information content (AvgIpc) is 3.47. The molecule has 3 amide bonds. The number of hydrogen-bond donors (Lipinski definition) is 3. The quantitative estimate of drug-likeness (QED) is 0.410. The monoisotopic (exact) mass is 530 g/mol. The highest BCUT2D eigenvalue weighted by molar-refractivity contribution is 7.89. The van der Waals surface area contributed by atoms with Gasteiger partial charge in [-0.1, -0.05) is 0 Å². The van der Waals surface area contributed by atoms with Crippen molar-refractivity contribution in [1.82, 2.24) is 14.9 Å². The van der Waals surface area contributed by atoms with Crippen LogP contribution in [0, 0.1) is 0 Å². The van der Waals surface area contributed by atoms with E-state index >= 15 is 0 Å². The van der Waals surface area contributed by atoms with E-state index in [4.69, 9.17) is 9.47 Å². The Labute approximate surface area is 215 Å². The molecule has 0 spiro atoms. The highest BCUT2D eigenvalue weighted by Gasteiger charge is 2.26. The molecule has 0 saturated carbocycles. The fourth-order valence-electron chi connectivity index (χ4n) is 3.98. The lowest BCUT2D eigenvalue weighted by atomic mass is 10.1. The van der Waals surface area contributed by atoms with Gasteiger partial charge in [0.2, 0.25) is 15.9 Å². The van der Waals surface area contributed by atoms with Crippen LogP contribution in [0.5, 0.6) is 0 Å². The summed E-state index contributed by atoms with van der Waals surface area (Å²) in [5.74, 6) is -0.879. The van der Waals surface area contributed by atoms with Gasteiger partial charge in [-0.3, -0.25) is 14.4 Å². The predicted octanol–water partition coefficient (Wildman–Crippen LogP) is 0.985. The maximum atomic E-state index is 12.7. The SMILES string of the molecule is O=C(NCCNC(=O)C1CCCO1)c1ccc(NC(=O)c2ccc(S(=O)(=O)N3CCOCC3)cc2)cc1. The van der Waals surface area contributed by atoms with Crippen molar-refractivity contribution in [3.05, 3.63) is 59.7 Å². The molecular formula is C25H30N4O7S. The highest BCUT2D eigenvalue weighted by Crippen LogP contribution is 2.19. The van der Waals surface area contributed by atoms with Crippen molar-refractivity contribution >= 4 is 33.4 Å². The first-order valence-electron chi connectivity index (χ1n) is 12.1. The largest absolute Gasteiger partial charge is 0.379 e. The number of amides is 3. The standard InChI is InChI=1S/C25H30N4O7S/c30-23(26-11-12-27-25(32)22-2-1-15-36-22)18-3-7-20(8-4-18)28-24(31)19-5-9-21(10-6-19)37(33,34)29-13-16-35-17-14-29/h3-10,22H,1-2,11-17H2,(H,26,30)(H,27,32)(H,28,31). The van der Waals surface area contributed by atoms with E-state index in [9.17, 15) is 22.8 Å². The van der Waals surface area contributed by atoms with Gasteiger partial charge in [0, 0.05) is 49.6 Å². The molecule has 0 bridgehead atoms. The normalized spacial score (nSPS) is 18.2. The number of ether oxygens (including phenoxy) is 2. The van der Waals surface area contributed by atoms with Crippen molar-refractivity contribution in [2.45, 2.75) is 23.8 Å². The van der Waals surface area contributed by atoms with Crippen molar-refractivity contribution in [2.75, 3.05) is 51.3 Å². The average molecular weight is 531 g/mol. The van der Waals surface area contributed by atoms with Gasteiger partial charge in [-0.25, -0.2) is 8.42 Å². The van der Waals surface area contributed by atoms with Crippen LogP contribution < -0.4 is 16.0 Å². The zero-order valence-corrected chi connectivity index (χ0v) is 21.1. The maximum absolute atomic E-state index is 12.7. The first-order valence-corrected chi connectivity index (χ1v) is 13.6. The molecule has 2 aromatic rings. The van der Waals surface area contributed by atoms with E-state index in [-0.39, 0.29) is 23.3 Å². The Balaban J connectivity index is 1.25. The summed E-state index contributed by atoms with van der Waals surface area (Å²) in [4.78, 5) is 37.0. The van der Waals surface area contributed by atoms with Crippen LogP contribution in [-0.2, 0) is 24.3 Å². The second-order valence-electron chi connectivity index (χ2n) is 8.62. The number of sulfonamides is 1. The third-order valence-electron chi connectivity index (χ3n) is 6.06. The zero-order chi connectivity index (χ0) is 26.3. The van der Waals surface area contributed by atoms with Crippen molar-refractivity contribution in [3.63, 3.8) is 0 Å². The zero-order valence-electron chi connectivity index (χ0n) is 20.3. The molecule has 4 rings (SSSR count). The van der Waals surface area contributed by atoms with Crippen molar-refractivity contribution in [3.8, 4) is 0 Å². The molecule has 198 valence electrons. The molecule has 0 radical (unpaired) electrons. The number of nitrogens with zero attached hydrogens (tertiary/aromatic N) is 1. The molecule has 2 aliphatic heterocycles. The predicted molar refractivity (Wildman–Crippen MR) is 135 cm³/mol. The van der Waals surface area contributed by atoms with Crippen LogP contribution in [0.3, 0.4) is 0 Å². The van der Waals surface area contributed by atoms with Gasteiger partial charge < -0.3 is 25.4 Å². The van der Waals surface area contributed by atoms with E-state index in [1.165, 1.54) is 28.6 Å². The fourth-order valence-corrected chi connectivity index (χ4v) is 5.39. The number of nitrogens with one attached hydrogen (secondary N) is 3. The maximum Gasteiger partial charge on any atom is 0.255 e. The number of anilines is 1. The number of carbonyl (C=O) groups excluding carboxylic acids is 3. The van der Waals surface area contributed by atoms with Crippen LogP contribution >= 0.6 is 0 Å². The number of hydrogen-bond acceptors (Lipinski definition) is 7. The third kappa shape index (κ3) is 6.92. The van der Waals surface area contributed by atoms with Crippen LogP contribution in [0.15, 0.2) is 53.4 Å². The van der Waals surface area contributed by atoms with Crippen LogP contribution in [0.1, 0.15) is 33.6 Å². The minimum atomic E-state index is -3.64. The van der Waals surface area contributed by atoms with Crippen LogP contribution in [0.2, 0.25) is 0 Å². The summed E-state index contributed by atoms with van der Waals surface area (Å²) in [6, 6.07) is 12.1. The summed E-state index contributed by atoms with van der Waals surface area (Å²) in [7, 11) is -3.64. The van der Waals surface area contributed by atoms with Crippen molar-refractivity contribution in [2.24, 2.45) is 0 Å². The Kier molecular flexibility index (Phi) is 8.87. The summed E-state index contributed by atoms with van der Waals surface area (Å²) in [5, 5.41) is 8.20. The third-order valence-corrected chi connectivity index (χ3v) is 7.97. The lowest BCUT2D eigenvalue weighted by Gasteiger charge is -2.26. The molecule has 2 aliphatic rings. The molecule has 2 heterocycles. The molecule has 3 N–H and O–H groups in total. The number of rotatable bonds is 9. The lowest BCUT2D eigenvalue weighted by Crippen LogP contribution is -2.40. The van der Waals surface area contributed by atoms with Crippen LogP contribution in [0.4, 0.5) is 5.69 Å². The Morgan fingerprint density at radius 2 is 1.46 bits per heavy atom.